The number of ether oxygens (including phenoxy) is 1. The summed E-state index contributed by atoms with van der Waals surface area (Å²) >= 11 is 0. The smallest absolute Gasteiger partial charge is 0.472 e. The van der Waals surface area contributed by atoms with E-state index in [9.17, 15) is 14.6 Å². The van der Waals surface area contributed by atoms with Crippen molar-refractivity contribution in [3.05, 3.63) is 12.3 Å². The molecule has 2 atom stereocenters. The zero-order chi connectivity index (χ0) is 25.5. The Labute approximate surface area is 210 Å². The van der Waals surface area contributed by atoms with Crippen LogP contribution in [0.3, 0.4) is 0 Å². The van der Waals surface area contributed by atoms with Crippen LogP contribution >= 0.6 is 7.82 Å². The van der Waals surface area contributed by atoms with E-state index in [0.717, 1.165) is 12.8 Å². The van der Waals surface area contributed by atoms with Gasteiger partial charge in [0.2, 0.25) is 0 Å². The number of rotatable bonds is 25. The molecule has 0 aromatic heterocycles. The van der Waals surface area contributed by atoms with Gasteiger partial charge in [-0.2, -0.15) is 0 Å². The highest BCUT2D eigenvalue weighted by Crippen LogP contribution is 2.44. The second-order valence-electron chi connectivity index (χ2n) is 10.3. The maximum Gasteiger partial charge on any atom is 0.472 e. The molecule has 0 aromatic carbocycles. The maximum atomic E-state index is 12.0. The molecule has 0 aliphatic rings. The van der Waals surface area contributed by atoms with Gasteiger partial charge in [0, 0.05) is 0 Å². The minimum Gasteiger partial charge on any atom is -0.499 e. The lowest BCUT2D eigenvalue weighted by molar-refractivity contribution is -0.870. The van der Waals surface area contributed by atoms with Gasteiger partial charge in [-0.3, -0.25) is 9.05 Å². The summed E-state index contributed by atoms with van der Waals surface area (Å²) in [5.41, 5.74) is 0. The largest absolute Gasteiger partial charge is 0.499 e. The first-order chi connectivity index (χ1) is 16.2. The fourth-order valence-electron chi connectivity index (χ4n) is 3.52. The van der Waals surface area contributed by atoms with Crippen molar-refractivity contribution in [3.63, 3.8) is 0 Å². The third kappa shape index (κ3) is 24.7. The summed E-state index contributed by atoms with van der Waals surface area (Å²) in [7, 11) is 1.66. The van der Waals surface area contributed by atoms with Crippen molar-refractivity contribution in [1.82, 2.24) is 0 Å². The van der Waals surface area contributed by atoms with Crippen LogP contribution in [0.2, 0.25) is 0 Å². The Morgan fingerprint density at radius 1 is 0.853 bits per heavy atom. The molecule has 34 heavy (non-hydrogen) atoms. The summed E-state index contributed by atoms with van der Waals surface area (Å²) in [6.07, 6.45) is 22.4. The molecule has 7 nitrogen and oxygen atoms in total. The van der Waals surface area contributed by atoms with Crippen LogP contribution < -0.4 is 0 Å². The third-order valence-corrected chi connectivity index (χ3v) is 6.77. The molecule has 0 radical (unpaired) electrons. The van der Waals surface area contributed by atoms with Gasteiger partial charge in [0.15, 0.2) is 0 Å². The molecule has 0 aliphatic heterocycles. The third-order valence-electron chi connectivity index (χ3n) is 5.70. The quantitative estimate of drug-likeness (QED) is 0.0626. The van der Waals surface area contributed by atoms with Crippen LogP contribution in [0.25, 0.3) is 0 Å². The molecular formula is C26H55NO6P+. The summed E-state index contributed by atoms with van der Waals surface area (Å²) in [6, 6.07) is 0. The Bertz CT molecular complexity index is 524. The van der Waals surface area contributed by atoms with E-state index in [-0.39, 0.29) is 13.2 Å². The van der Waals surface area contributed by atoms with Crippen LogP contribution in [-0.4, -0.2) is 68.1 Å². The van der Waals surface area contributed by atoms with Crippen LogP contribution in [0.15, 0.2) is 12.3 Å². The normalized spacial score (nSPS) is 15.0. The number of phosphoric acid groups is 1. The fraction of sp³-hybridized carbons (Fsp3) is 0.923. The lowest BCUT2D eigenvalue weighted by Crippen LogP contribution is -2.37. The van der Waals surface area contributed by atoms with Crippen molar-refractivity contribution in [2.24, 2.45) is 0 Å². The lowest BCUT2D eigenvalue weighted by atomic mass is 10.0. The number of hydrogen-bond acceptors (Lipinski definition) is 5. The second kappa shape index (κ2) is 21.8. The predicted octanol–water partition coefficient (Wildman–Crippen LogP) is 6.59. The Balaban J connectivity index is 3.60. The Morgan fingerprint density at radius 2 is 1.35 bits per heavy atom. The zero-order valence-electron chi connectivity index (χ0n) is 22.6. The van der Waals surface area contributed by atoms with Crippen molar-refractivity contribution < 1.29 is 32.8 Å². The Kier molecular flexibility index (Phi) is 21.5. The highest BCUT2D eigenvalue weighted by Gasteiger charge is 2.27. The predicted molar refractivity (Wildman–Crippen MR) is 141 cm³/mol. The minimum absolute atomic E-state index is 0.00498. The summed E-state index contributed by atoms with van der Waals surface area (Å²) in [5.74, 6) is 0. The molecule has 0 fully saturated rings. The molecule has 204 valence electrons. The lowest BCUT2D eigenvalue weighted by Gasteiger charge is -2.24. The zero-order valence-corrected chi connectivity index (χ0v) is 23.5. The van der Waals surface area contributed by atoms with Gasteiger partial charge in [0.1, 0.15) is 25.9 Å². The van der Waals surface area contributed by atoms with Gasteiger partial charge in [-0.05, 0) is 18.9 Å². The maximum absolute atomic E-state index is 12.0. The van der Waals surface area contributed by atoms with E-state index in [0.29, 0.717) is 11.0 Å². The molecule has 0 bridgehead atoms. The number of allylic oxidation sites excluding steroid dienone is 1. The molecule has 2 N–H and O–H groups in total. The van der Waals surface area contributed by atoms with Crippen LogP contribution in [0, 0.1) is 0 Å². The monoisotopic (exact) mass is 508 g/mol. The SMILES string of the molecule is CCCCCCCCCCCCCCCC/C=C\OC[C@H](CO)OP(=O)(O)OCC[N+](C)(C)C. The van der Waals surface area contributed by atoms with E-state index in [1.54, 1.807) is 6.26 Å². The Morgan fingerprint density at radius 3 is 1.82 bits per heavy atom. The van der Waals surface area contributed by atoms with Gasteiger partial charge in [0.25, 0.3) is 0 Å². The summed E-state index contributed by atoms with van der Waals surface area (Å²) in [5, 5.41) is 9.37. The van der Waals surface area contributed by atoms with Gasteiger partial charge in [-0.15, -0.1) is 0 Å². The number of hydrogen-bond donors (Lipinski definition) is 2. The molecule has 0 heterocycles. The van der Waals surface area contributed by atoms with E-state index >= 15 is 0 Å². The van der Waals surface area contributed by atoms with Gasteiger partial charge in [-0.25, -0.2) is 4.57 Å². The summed E-state index contributed by atoms with van der Waals surface area (Å²) < 4.78 is 27.9. The molecule has 0 amide bonds. The number of nitrogens with zero attached hydrogens (tertiary/aromatic N) is 1. The molecule has 1 unspecified atom stereocenters. The molecule has 0 rings (SSSR count). The topological polar surface area (TPSA) is 85.2 Å². The number of likely N-dealkylation sites (N-methyl/N-ethyl adjacent to an activating group) is 1. The molecule has 0 saturated heterocycles. The van der Waals surface area contributed by atoms with Crippen molar-refractivity contribution in [3.8, 4) is 0 Å². The average molecular weight is 509 g/mol. The van der Waals surface area contributed by atoms with E-state index in [1.165, 1.54) is 83.5 Å². The van der Waals surface area contributed by atoms with Crippen molar-refractivity contribution in [1.29, 1.82) is 0 Å². The van der Waals surface area contributed by atoms with Crippen LogP contribution in [0.4, 0.5) is 0 Å². The van der Waals surface area contributed by atoms with E-state index in [1.807, 2.05) is 27.2 Å². The van der Waals surface area contributed by atoms with Gasteiger partial charge < -0.3 is 19.2 Å². The van der Waals surface area contributed by atoms with Crippen molar-refractivity contribution >= 4 is 7.82 Å². The average Bonchev–Trinajstić information content (AvgIpc) is 2.76. The summed E-state index contributed by atoms with van der Waals surface area (Å²) in [4.78, 5) is 9.78. The van der Waals surface area contributed by atoms with Gasteiger partial charge >= 0.3 is 7.82 Å². The first-order valence-corrected chi connectivity index (χ1v) is 15.0. The summed E-state index contributed by atoms with van der Waals surface area (Å²) in [6.45, 7) is 2.50. The number of aliphatic hydroxyl groups excluding tert-OH is 1. The number of unbranched alkanes of at least 4 members (excludes halogenated alkanes) is 14. The second-order valence-corrected chi connectivity index (χ2v) is 11.7. The highest BCUT2D eigenvalue weighted by atomic mass is 31.2. The molecule has 8 heteroatoms. The molecule has 0 aromatic rings. The van der Waals surface area contributed by atoms with Crippen LogP contribution in [-0.2, 0) is 18.3 Å². The van der Waals surface area contributed by atoms with Crippen LogP contribution in [0.1, 0.15) is 103 Å². The molecule has 0 aliphatic carbocycles. The first kappa shape index (κ1) is 33.6. The van der Waals surface area contributed by atoms with Crippen molar-refractivity contribution in [2.75, 3.05) is 47.5 Å². The highest BCUT2D eigenvalue weighted by molar-refractivity contribution is 7.47. The molecular weight excluding hydrogens is 453 g/mol. The molecule has 0 saturated carbocycles. The number of aliphatic hydroxyl groups is 1. The van der Waals surface area contributed by atoms with E-state index in [2.05, 4.69) is 6.92 Å². The number of phosphoric ester groups is 1. The fourth-order valence-corrected chi connectivity index (χ4v) is 4.40. The van der Waals surface area contributed by atoms with Crippen LogP contribution in [0.5, 0.6) is 0 Å². The van der Waals surface area contributed by atoms with Gasteiger partial charge in [0.05, 0.1) is 34.0 Å². The molecule has 0 spiro atoms. The van der Waals surface area contributed by atoms with Gasteiger partial charge in [-0.1, -0.05) is 90.4 Å². The standard InChI is InChI=1S/C26H54NO6P/c1-5-6-7-8-9-10-11-12-13-14-15-16-17-18-19-20-22-31-25-26(24-28)33-34(29,30)32-23-21-27(2,3)4/h20,22,26,28H,5-19,21,23-25H2,1-4H3/p+1/b22-20-/t26-/m0/s1. The first-order valence-electron chi connectivity index (χ1n) is 13.5. The van der Waals surface area contributed by atoms with E-state index in [4.69, 9.17) is 13.8 Å². The minimum atomic E-state index is -4.22. The van der Waals surface area contributed by atoms with E-state index < -0.39 is 20.5 Å². The Hall–Kier alpha value is -0.430. The van der Waals surface area contributed by atoms with Crippen molar-refractivity contribution in [2.45, 2.75) is 109 Å². The number of quaternary nitrogens is 1.